The molecule has 0 saturated carbocycles. The number of rotatable bonds is 4. The van der Waals surface area contributed by atoms with E-state index in [-0.39, 0.29) is 11.3 Å². The smallest absolute Gasteiger partial charge is 0.196 e. The van der Waals surface area contributed by atoms with E-state index in [2.05, 4.69) is 0 Å². The number of aryl methyl sites for hydroxylation is 2. The van der Waals surface area contributed by atoms with E-state index in [1.54, 1.807) is 31.2 Å². The molecule has 0 fully saturated rings. The van der Waals surface area contributed by atoms with Gasteiger partial charge in [-0.25, -0.2) is 4.39 Å². The number of hydrogen-bond donors (Lipinski definition) is 0. The van der Waals surface area contributed by atoms with Crippen molar-refractivity contribution in [1.29, 1.82) is 0 Å². The Morgan fingerprint density at radius 1 is 0.952 bits per heavy atom. The largest absolute Gasteiger partial charge is 0.493 e. The maximum Gasteiger partial charge on any atom is 0.196 e. The van der Waals surface area contributed by atoms with Crippen molar-refractivity contribution in [2.24, 2.45) is 0 Å². The molecular formula is C17H17FO3. The highest BCUT2D eigenvalue weighted by atomic mass is 19.1. The average molecular weight is 288 g/mol. The average Bonchev–Trinajstić information content (AvgIpc) is 2.48. The lowest BCUT2D eigenvalue weighted by Crippen LogP contribution is -2.07. The van der Waals surface area contributed by atoms with E-state index in [0.717, 1.165) is 5.56 Å². The SMILES string of the molecule is COc1cc(C)c(C(=O)c2cc(C)ccc2F)cc1OC. The van der Waals surface area contributed by atoms with Crippen molar-refractivity contribution in [3.05, 3.63) is 58.4 Å². The molecule has 21 heavy (non-hydrogen) atoms. The normalized spacial score (nSPS) is 10.3. The van der Waals surface area contributed by atoms with Gasteiger partial charge in [0.1, 0.15) is 5.82 Å². The lowest BCUT2D eigenvalue weighted by molar-refractivity contribution is 0.103. The lowest BCUT2D eigenvalue weighted by atomic mass is 9.97. The van der Waals surface area contributed by atoms with Gasteiger partial charge in [-0.3, -0.25) is 4.79 Å². The Bertz CT molecular complexity index is 693. The summed E-state index contributed by atoms with van der Waals surface area (Å²) in [5.74, 6) is 0.0882. The highest BCUT2D eigenvalue weighted by Crippen LogP contribution is 2.31. The summed E-state index contributed by atoms with van der Waals surface area (Å²) in [5.41, 5.74) is 2.00. The van der Waals surface area contributed by atoms with Crippen molar-refractivity contribution in [1.82, 2.24) is 0 Å². The molecule has 110 valence electrons. The zero-order chi connectivity index (χ0) is 15.6. The summed E-state index contributed by atoms with van der Waals surface area (Å²) in [5, 5.41) is 0. The first-order chi connectivity index (χ1) is 9.97. The van der Waals surface area contributed by atoms with Crippen LogP contribution in [0.5, 0.6) is 11.5 Å². The van der Waals surface area contributed by atoms with Crippen LogP contribution in [0.15, 0.2) is 30.3 Å². The van der Waals surface area contributed by atoms with Gasteiger partial charge < -0.3 is 9.47 Å². The molecule has 2 aromatic carbocycles. The number of carbonyl (C=O) groups excluding carboxylic acids is 1. The third-order valence-electron chi connectivity index (χ3n) is 3.34. The van der Waals surface area contributed by atoms with Crippen molar-refractivity contribution in [2.75, 3.05) is 14.2 Å². The fourth-order valence-electron chi connectivity index (χ4n) is 2.18. The van der Waals surface area contributed by atoms with Crippen LogP contribution in [-0.2, 0) is 0 Å². The summed E-state index contributed by atoms with van der Waals surface area (Å²) >= 11 is 0. The van der Waals surface area contributed by atoms with Crippen LogP contribution in [0.1, 0.15) is 27.0 Å². The summed E-state index contributed by atoms with van der Waals surface area (Å²) in [6, 6.07) is 7.78. The second-order valence-corrected chi connectivity index (χ2v) is 4.83. The third kappa shape index (κ3) is 2.89. The summed E-state index contributed by atoms with van der Waals surface area (Å²) < 4.78 is 24.3. The van der Waals surface area contributed by atoms with Gasteiger partial charge in [-0.05, 0) is 43.7 Å². The molecule has 0 aliphatic carbocycles. The highest BCUT2D eigenvalue weighted by Gasteiger charge is 2.19. The number of halogens is 1. The van der Waals surface area contributed by atoms with Crippen LogP contribution >= 0.6 is 0 Å². The predicted octanol–water partition coefficient (Wildman–Crippen LogP) is 3.69. The first-order valence-corrected chi connectivity index (χ1v) is 6.51. The van der Waals surface area contributed by atoms with Gasteiger partial charge in [-0.1, -0.05) is 11.6 Å². The first-order valence-electron chi connectivity index (χ1n) is 6.51. The Balaban J connectivity index is 2.55. The van der Waals surface area contributed by atoms with Crippen molar-refractivity contribution < 1.29 is 18.7 Å². The number of carbonyl (C=O) groups is 1. The van der Waals surface area contributed by atoms with Crippen LogP contribution in [0, 0.1) is 19.7 Å². The molecule has 0 N–H and O–H groups in total. The summed E-state index contributed by atoms with van der Waals surface area (Å²) in [7, 11) is 3.02. The topological polar surface area (TPSA) is 35.5 Å². The van der Waals surface area contributed by atoms with Crippen LogP contribution in [0.4, 0.5) is 4.39 Å². The summed E-state index contributed by atoms with van der Waals surface area (Å²) in [4.78, 5) is 12.6. The quantitative estimate of drug-likeness (QED) is 0.805. The van der Waals surface area contributed by atoms with E-state index in [4.69, 9.17) is 9.47 Å². The van der Waals surface area contributed by atoms with Gasteiger partial charge >= 0.3 is 0 Å². The number of methoxy groups -OCH3 is 2. The van der Waals surface area contributed by atoms with Gasteiger partial charge in [0.15, 0.2) is 17.3 Å². The highest BCUT2D eigenvalue weighted by molar-refractivity contribution is 6.10. The zero-order valence-corrected chi connectivity index (χ0v) is 12.5. The second-order valence-electron chi connectivity index (χ2n) is 4.83. The molecule has 0 heterocycles. The summed E-state index contributed by atoms with van der Waals surface area (Å²) in [6.45, 7) is 3.60. The Hall–Kier alpha value is -2.36. The molecule has 4 heteroatoms. The Labute approximate surface area is 123 Å². The van der Waals surface area contributed by atoms with Gasteiger partial charge in [-0.15, -0.1) is 0 Å². The maximum atomic E-state index is 13.9. The van der Waals surface area contributed by atoms with E-state index in [1.807, 2.05) is 6.92 Å². The van der Waals surface area contributed by atoms with Crippen molar-refractivity contribution in [3.8, 4) is 11.5 Å². The summed E-state index contributed by atoms with van der Waals surface area (Å²) in [6.07, 6.45) is 0. The molecule has 0 atom stereocenters. The second kappa shape index (κ2) is 5.95. The van der Waals surface area contributed by atoms with Gasteiger partial charge in [0.2, 0.25) is 0 Å². The fourth-order valence-corrected chi connectivity index (χ4v) is 2.18. The molecule has 0 unspecified atom stereocenters. The minimum Gasteiger partial charge on any atom is -0.493 e. The molecule has 2 rings (SSSR count). The molecule has 0 aromatic heterocycles. The van der Waals surface area contributed by atoms with Crippen molar-refractivity contribution in [2.45, 2.75) is 13.8 Å². The van der Waals surface area contributed by atoms with Gasteiger partial charge in [0, 0.05) is 5.56 Å². The Kier molecular flexibility index (Phi) is 4.26. The Morgan fingerprint density at radius 3 is 2.19 bits per heavy atom. The van der Waals surface area contributed by atoms with Crippen molar-refractivity contribution >= 4 is 5.78 Å². The molecule has 0 radical (unpaired) electrons. The van der Waals surface area contributed by atoms with Crippen molar-refractivity contribution in [3.63, 3.8) is 0 Å². The van der Waals surface area contributed by atoms with E-state index in [0.29, 0.717) is 22.6 Å². The third-order valence-corrected chi connectivity index (χ3v) is 3.34. The number of benzene rings is 2. The molecule has 3 nitrogen and oxygen atoms in total. The minimum atomic E-state index is -0.528. The number of ether oxygens (including phenoxy) is 2. The predicted molar refractivity (Wildman–Crippen MR) is 78.9 cm³/mol. The zero-order valence-electron chi connectivity index (χ0n) is 12.5. The van der Waals surface area contributed by atoms with Crippen LogP contribution in [0.25, 0.3) is 0 Å². The van der Waals surface area contributed by atoms with Crippen LogP contribution < -0.4 is 9.47 Å². The van der Waals surface area contributed by atoms with E-state index < -0.39 is 5.82 Å². The van der Waals surface area contributed by atoms with Gasteiger partial charge in [-0.2, -0.15) is 0 Å². The molecule has 0 amide bonds. The molecule has 0 bridgehead atoms. The van der Waals surface area contributed by atoms with Gasteiger partial charge in [0.05, 0.1) is 19.8 Å². The molecule has 0 aliphatic heterocycles. The molecule has 0 saturated heterocycles. The monoisotopic (exact) mass is 288 g/mol. The lowest BCUT2D eigenvalue weighted by Gasteiger charge is -2.12. The number of hydrogen-bond acceptors (Lipinski definition) is 3. The number of ketones is 1. The maximum absolute atomic E-state index is 13.9. The molecule has 0 aliphatic rings. The standard InChI is InChI=1S/C17H17FO3/c1-10-5-6-14(18)13(7-10)17(19)12-9-16(21-4)15(20-3)8-11(12)2/h5-9H,1-4H3. The first kappa shape index (κ1) is 15.0. The molecular weight excluding hydrogens is 271 g/mol. The van der Waals surface area contributed by atoms with Gasteiger partial charge in [0.25, 0.3) is 0 Å². The fraction of sp³-hybridized carbons (Fsp3) is 0.235. The van der Waals surface area contributed by atoms with E-state index >= 15 is 0 Å². The minimum absolute atomic E-state index is 0.0605. The van der Waals surface area contributed by atoms with E-state index in [1.165, 1.54) is 20.3 Å². The van der Waals surface area contributed by atoms with E-state index in [9.17, 15) is 9.18 Å². The van der Waals surface area contributed by atoms with Crippen LogP contribution in [0.3, 0.4) is 0 Å². The molecule has 0 spiro atoms. The van der Waals surface area contributed by atoms with Crippen LogP contribution in [-0.4, -0.2) is 20.0 Å². The Morgan fingerprint density at radius 2 is 1.57 bits per heavy atom. The molecule has 2 aromatic rings. The van der Waals surface area contributed by atoms with Crippen LogP contribution in [0.2, 0.25) is 0 Å².